The summed E-state index contributed by atoms with van der Waals surface area (Å²) in [5.74, 6) is -6.86. The molecule has 246 valence electrons. The van der Waals surface area contributed by atoms with Crippen LogP contribution in [0.5, 0.6) is 0 Å². The van der Waals surface area contributed by atoms with Crippen LogP contribution in [0.15, 0.2) is 31.4 Å². The molecule has 0 bridgehead atoms. The minimum absolute atomic E-state index is 0.00882. The number of carbonyl (C=O) groups excluding carboxylic acids is 6. The average Bonchev–Trinajstić information content (AvgIpc) is 2.96. The molecule has 0 aliphatic carbocycles. The van der Waals surface area contributed by atoms with Crippen molar-refractivity contribution in [2.45, 2.75) is 70.1 Å². The summed E-state index contributed by atoms with van der Waals surface area (Å²) in [7, 11) is 0. The van der Waals surface area contributed by atoms with E-state index in [-0.39, 0.29) is 25.7 Å². The summed E-state index contributed by atoms with van der Waals surface area (Å²) in [5, 5.41) is 28.1. The number of aliphatic carboxylic acids is 1. The Morgan fingerprint density at radius 2 is 1.40 bits per heavy atom. The van der Waals surface area contributed by atoms with E-state index in [0.717, 1.165) is 5.56 Å². The normalized spacial score (nSPS) is 13.3. The number of aliphatic hydroxyl groups excluding tert-OH is 1. The van der Waals surface area contributed by atoms with Crippen molar-refractivity contribution >= 4 is 53.6 Å². The molecule has 0 saturated heterocycles. The molecular weight excluding hydrogens is 588 g/mol. The van der Waals surface area contributed by atoms with Gasteiger partial charge in [-0.1, -0.05) is 57.4 Å². The molecule has 0 unspecified atom stereocenters. The molecule has 1 aromatic rings. The standard InChI is InChI=1S/C30H42N6O9/c1-5-18-11-10-17(12-19(18)6-2)13-20(33-24(39)8-7-9-25(40)41)28(43)34-21(14-23(31)38)29(44)35-22(15-37)30(45)36-26(16(3)4)27(32)42/h5-6,10-12,16,20-22,26,37H,1-2,7-9,13-15H2,3-4H3,(H2,31,38)(H2,32,42)(H,33,39)(H,34,43)(H,35,44)(H,36,45)(H,40,41)/t20-,21-,22-,26-/m0/s1. The molecule has 6 amide bonds. The molecule has 0 aromatic heterocycles. The second-order valence-electron chi connectivity index (χ2n) is 10.6. The third-order valence-corrected chi connectivity index (χ3v) is 6.60. The lowest BCUT2D eigenvalue weighted by Crippen LogP contribution is -2.60. The summed E-state index contributed by atoms with van der Waals surface area (Å²) < 4.78 is 0. The molecule has 45 heavy (non-hydrogen) atoms. The van der Waals surface area contributed by atoms with Gasteiger partial charge in [-0.05, 0) is 29.0 Å². The quantitative estimate of drug-likeness (QED) is 0.0852. The van der Waals surface area contributed by atoms with E-state index in [1.54, 1.807) is 44.2 Å². The number of primary amides is 2. The predicted octanol–water partition coefficient (Wildman–Crippen LogP) is -1.28. The van der Waals surface area contributed by atoms with Crippen LogP contribution in [0.3, 0.4) is 0 Å². The minimum atomic E-state index is -1.63. The molecular formula is C30H42N6O9. The molecule has 0 heterocycles. The lowest BCUT2D eigenvalue weighted by molar-refractivity contribution is -0.137. The number of hydrogen-bond acceptors (Lipinski definition) is 8. The first-order valence-corrected chi connectivity index (χ1v) is 14.1. The molecule has 0 aliphatic heterocycles. The van der Waals surface area contributed by atoms with E-state index in [9.17, 15) is 38.7 Å². The van der Waals surface area contributed by atoms with Gasteiger partial charge in [-0.3, -0.25) is 33.6 Å². The molecule has 1 aromatic carbocycles. The lowest BCUT2D eigenvalue weighted by atomic mass is 9.98. The molecule has 4 atom stereocenters. The van der Waals surface area contributed by atoms with E-state index in [0.29, 0.717) is 11.1 Å². The van der Waals surface area contributed by atoms with Crippen LogP contribution < -0.4 is 32.7 Å². The Bertz CT molecular complexity index is 1300. The zero-order valence-corrected chi connectivity index (χ0v) is 25.3. The van der Waals surface area contributed by atoms with E-state index in [1.807, 2.05) is 0 Å². The molecule has 10 N–H and O–H groups in total. The van der Waals surface area contributed by atoms with Crippen molar-refractivity contribution in [3.05, 3.63) is 48.0 Å². The molecule has 0 fully saturated rings. The fourth-order valence-corrected chi connectivity index (χ4v) is 4.19. The summed E-state index contributed by atoms with van der Waals surface area (Å²) >= 11 is 0. The maximum Gasteiger partial charge on any atom is 0.303 e. The van der Waals surface area contributed by atoms with E-state index < -0.39 is 84.5 Å². The van der Waals surface area contributed by atoms with Gasteiger partial charge >= 0.3 is 5.97 Å². The smallest absolute Gasteiger partial charge is 0.303 e. The number of nitrogens with two attached hydrogens (primary N) is 2. The summed E-state index contributed by atoms with van der Waals surface area (Å²) in [5.41, 5.74) is 12.7. The number of carbonyl (C=O) groups is 7. The van der Waals surface area contributed by atoms with Crippen LogP contribution in [-0.4, -0.2) is 82.4 Å². The molecule has 15 nitrogen and oxygen atoms in total. The minimum Gasteiger partial charge on any atom is -0.481 e. The van der Waals surface area contributed by atoms with Gasteiger partial charge in [0.1, 0.15) is 24.2 Å². The van der Waals surface area contributed by atoms with Crippen molar-refractivity contribution in [2.24, 2.45) is 17.4 Å². The highest BCUT2D eigenvalue weighted by molar-refractivity contribution is 5.97. The summed E-state index contributed by atoms with van der Waals surface area (Å²) in [6, 6.07) is -0.481. The Morgan fingerprint density at radius 1 is 0.822 bits per heavy atom. The van der Waals surface area contributed by atoms with Gasteiger partial charge in [-0.25, -0.2) is 0 Å². The van der Waals surface area contributed by atoms with Crippen molar-refractivity contribution < 1.29 is 43.8 Å². The van der Waals surface area contributed by atoms with Gasteiger partial charge in [-0.2, -0.15) is 0 Å². The monoisotopic (exact) mass is 630 g/mol. The van der Waals surface area contributed by atoms with Crippen LogP contribution in [0.25, 0.3) is 12.2 Å². The van der Waals surface area contributed by atoms with Crippen molar-refractivity contribution in [1.82, 2.24) is 21.3 Å². The Balaban J connectivity index is 3.24. The number of hydrogen-bond donors (Lipinski definition) is 8. The third-order valence-electron chi connectivity index (χ3n) is 6.60. The van der Waals surface area contributed by atoms with Gasteiger partial charge in [0, 0.05) is 19.3 Å². The highest BCUT2D eigenvalue weighted by Crippen LogP contribution is 2.16. The van der Waals surface area contributed by atoms with Crippen molar-refractivity contribution in [1.29, 1.82) is 0 Å². The van der Waals surface area contributed by atoms with Gasteiger partial charge in [0.2, 0.25) is 35.4 Å². The summed E-state index contributed by atoms with van der Waals surface area (Å²) in [6.45, 7) is 9.82. The number of carboxylic acids is 1. The largest absolute Gasteiger partial charge is 0.481 e. The fourth-order valence-electron chi connectivity index (χ4n) is 4.19. The van der Waals surface area contributed by atoms with Crippen molar-refractivity contribution in [3.8, 4) is 0 Å². The Kier molecular flexibility index (Phi) is 15.7. The van der Waals surface area contributed by atoms with Gasteiger partial charge in [-0.15, -0.1) is 0 Å². The molecule has 1 rings (SSSR count). The second-order valence-corrected chi connectivity index (χ2v) is 10.6. The number of rotatable bonds is 20. The fraction of sp³-hybridized carbons (Fsp3) is 0.433. The van der Waals surface area contributed by atoms with E-state index in [4.69, 9.17) is 16.6 Å². The van der Waals surface area contributed by atoms with Crippen LogP contribution in [0.2, 0.25) is 0 Å². The highest BCUT2D eigenvalue weighted by Gasteiger charge is 2.32. The van der Waals surface area contributed by atoms with Gasteiger partial charge in [0.25, 0.3) is 0 Å². The lowest BCUT2D eigenvalue weighted by Gasteiger charge is -2.26. The van der Waals surface area contributed by atoms with Crippen molar-refractivity contribution in [3.63, 3.8) is 0 Å². The van der Waals surface area contributed by atoms with Crippen LogP contribution >= 0.6 is 0 Å². The number of amides is 6. The number of benzene rings is 1. The molecule has 0 radical (unpaired) electrons. The highest BCUT2D eigenvalue weighted by atomic mass is 16.4. The Labute approximate surface area is 260 Å². The van der Waals surface area contributed by atoms with Crippen LogP contribution in [0.4, 0.5) is 0 Å². The average molecular weight is 631 g/mol. The SMILES string of the molecule is C=Cc1ccc(C[C@H](NC(=O)CCCC(=O)O)C(=O)N[C@@H](CC(N)=O)C(=O)N[C@@H](CO)C(=O)N[C@H](C(N)=O)C(C)C)cc1C=C. The van der Waals surface area contributed by atoms with E-state index >= 15 is 0 Å². The summed E-state index contributed by atoms with van der Waals surface area (Å²) in [4.78, 5) is 86.2. The molecule has 0 saturated carbocycles. The van der Waals surface area contributed by atoms with Gasteiger partial charge < -0.3 is 42.9 Å². The maximum absolute atomic E-state index is 13.5. The first kappa shape index (κ1) is 38.0. The molecule has 15 heteroatoms. The second kappa shape index (κ2) is 18.6. The maximum atomic E-state index is 13.5. The topological polar surface area (TPSA) is 260 Å². The third kappa shape index (κ3) is 13.0. The zero-order chi connectivity index (χ0) is 34.3. The first-order valence-electron chi connectivity index (χ1n) is 14.1. The van der Waals surface area contributed by atoms with E-state index in [1.165, 1.54) is 0 Å². The first-order chi connectivity index (χ1) is 21.1. The molecule has 0 aliphatic rings. The van der Waals surface area contributed by atoms with Crippen LogP contribution in [-0.2, 0) is 40.0 Å². The van der Waals surface area contributed by atoms with Crippen molar-refractivity contribution in [2.75, 3.05) is 6.61 Å². The number of carboxylic acid groups (broad SMARTS) is 1. The number of aliphatic hydroxyl groups is 1. The van der Waals surface area contributed by atoms with Crippen LogP contribution in [0, 0.1) is 5.92 Å². The van der Waals surface area contributed by atoms with Gasteiger partial charge in [0.05, 0.1) is 13.0 Å². The van der Waals surface area contributed by atoms with Gasteiger partial charge in [0.15, 0.2) is 0 Å². The summed E-state index contributed by atoms with van der Waals surface area (Å²) in [6.07, 6.45) is 1.94. The Hall–Kier alpha value is -5.05. The number of nitrogens with one attached hydrogen (secondary N) is 4. The van der Waals surface area contributed by atoms with Crippen LogP contribution in [0.1, 0.15) is 56.2 Å². The van der Waals surface area contributed by atoms with E-state index in [2.05, 4.69) is 34.4 Å². The molecule has 0 spiro atoms. The Morgan fingerprint density at radius 3 is 1.91 bits per heavy atom. The predicted molar refractivity (Wildman–Crippen MR) is 164 cm³/mol. The zero-order valence-electron chi connectivity index (χ0n) is 25.3.